The molecule has 1 aliphatic rings. The van der Waals surface area contributed by atoms with Gasteiger partial charge in [0.25, 0.3) is 0 Å². The van der Waals surface area contributed by atoms with E-state index in [4.69, 9.17) is 0 Å². The lowest BCUT2D eigenvalue weighted by molar-refractivity contribution is 0.164. The third-order valence-electron chi connectivity index (χ3n) is 4.27. The second-order valence-electron chi connectivity index (χ2n) is 6.07. The van der Waals surface area contributed by atoms with Crippen molar-refractivity contribution in [3.8, 4) is 0 Å². The smallest absolute Gasteiger partial charge is 0.0900 e. The second kappa shape index (κ2) is 7.53. The third-order valence-corrected chi connectivity index (χ3v) is 5.51. The maximum atomic E-state index is 4.60. The fourth-order valence-corrected chi connectivity index (χ4v) is 4.26. The maximum Gasteiger partial charge on any atom is 0.0900 e. The Balaban J connectivity index is 2.04. The fourth-order valence-electron chi connectivity index (χ4n) is 3.24. The van der Waals surface area contributed by atoms with E-state index in [1.807, 2.05) is 11.3 Å². The van der Waals surface area contributed by atoms with Crippen molar-refractivity contribution >= 4 is 11.3 Å². The average Bonchev–Trinajstić information content (AvgIpc) is 2.77. The van der Waals surface area contributed by atoms with E-state index in [0.29, 0.717) is 6.04 Å². The van der Waals surface area contributed by atoms with Crippen LogP contribution in [0.3, 0.4) is 0 Å². The molecule has 1 aliphatic heterocycles. The van der Waals surface area contributed by atoms with Gasteiger partial charge >= 0.3 is 0 Å². The molecule has 2 atom stereocenters. The van der Waals surface area contributed by atoms with E-state index in [1.165, 1.54) is 61.0 Å². The molecule has 0 bridgehead atoms. The molecule has 2 rings (SSSR count). The van der Waals surface area contributed by atoms with Crippen LogP contribution >= 0.6 is 11.3 Å². The Kier molecular flexibility index (Phi) is 6.00. The molecular formula is C16H29N3S. The highest BCUT2D eigenvalue weighted by atomic mass is 32.1. The van der Waals surface area contributed by atoms with Crippen molar-refractivity contribution in [2.24, 2.45) is 5.92 Å². The van der Waals surface area contributed by atoms with Crippen LogP contribution in [0, 0.1) is 19.8 Å². The first-order valence-electron chi connectivity index (χ1n) is 8.00. The zero-order chi connectivity index (χ0) is 14.5. The van der Waals surface area contributed by atoms with Gasteiger partial charge in [-0.3, -0.25) is 4.90 Å². The van der Waals surface area contributed by atoms with Crippen molar-refractivity contribution < 1.29 is 0 Å². The summed E-state index contributed by atoms with van der Waals surface area (Å²) in [6.45, 7) is 13.7. The van der Waals surface area contributed by atoms with Crippen LogP contribution in [0.1, 0.15) is 54.7 Å². The molecule has 2 unspecified atom stereocenters. The summed E-state index contributed by atoms with van der Waals surface area (Å²) in [7, 11) is 0. The number of aromatic nitrogens is 1. The van der Waals surface area contributed by atoms with Crippen molar-refractivity contribution in [3.05, 3.63) is 15.6 Å². The SMILES string of the molecule is CCCN(CC1CCCNC1)C(C)c1sc(C)nc1C. The Morgan fingerprint density at radius 1 is 1.45 bits per heavy atom. The largest absolute Gasteiger partial charge is 0.316 e. The summed E-state index contributed by atoms with van der Waals surface area (Å²) in [6, 6.07) is 0.503. The quantitative estimate of drug-likeness (QED) is 0.870. The number of hydrogen-bond acceptors (Lipinski definition) is 4. The van der Waals surface area contributed by atoms with Crippen LogP contribution in [-0.4, -0.2) is 36.1 Å². The Morgan fingerprint density at radius 2 is 2.25 bits per heavy atom. The lowest BCUT2D eigenvalue weighted by Crippen LogP contribution is -2.39. The van der Waals surface area contributed by atoms with E-state index >= 15 is 0 Å². The van der Waals surface area contributed by atoms with E-state index in [0.717, 1.165) is 5.92 Å². The molecule has 20 heavy (non-hydrogen) atoms. The second-order valence-corrected chi connectivity index (χ2v) is 7.30. The summed E-state index contributed by atoms with van der Waals surface area (Å²) < 4.78 is 0. The van der Waals surface area contributed by atoms with Gasteiger partial charge in [0.1, 0.15) is 0 Å². The highest BCUT2D eigenvalue weighted by Gasteiger charge is 2.23. The molecule has 2 heterocycles. The van der Waals surface area contributed by atoms with Crippen LogP contribution < -0.4 is 5.32 Å². The molecule has 0 saturated carbocycles. The van der Waals surface area contributed by atoms with Crippen LogP contribution in [0.4, 0.5) is 0 Å². The highest BCUT2D eigenvalue weighted by molar-refractivity contribution is 7.11. The molecule has 0 amide bonds. The number of rotatable bonds is 6. The lowest BCUT2D eigenvalue weighted by Gasteiger charge is -2.33. The zero-order valence-electron chi connectivity index (χ0n) is 13.4. The van der Waals surface area contributed by atoms with E-state index < -0.39 is 0 Å². The minimum atomic E-state index is 0.503. The van der Waals surface area contributed by atoms with Gasteiger partial charge in [0.15, 0.2) is 0 Å². The predicted octanol–water partition coefficient (Wildman–Crippen LogP) is 3.53. The summed E-state index contributed by atoms with van der Waals surface area (Å²) in [5, 5.41) is 4.73. The molecular weight excluding hydrogens is 266 g/mol. The summed E-state index contributed by atoms with van der Waals surface area (Å²) in [4.78, 5) is 8.72. The predicted molar refractivity (Wildman–Crippen MR) is 87.5 cm³/mol. The molecule has 4 heteroatoms. The van der Waals surface area contributed by atoms with Gasteiger partial charge < -0.3 is 5.32 Å². The topological polar surface area (TPSA) is 28.2 Å². The van der Waals surface area contributed by atoms with Crippen LogP contribution in [0.15, 0.2) is 0 Å². The third kappa shape index (κ3) is 4.03. The molecule has 1 aromatic heterocycles. The zero-order valence-corrected chi connectivity index (χ0v) is 14.2. The Hall–Kier alpha value is -0.450. The van der Waals surface area contributed by atoms with Crippen LogP contribution in [0.2, 0.25) is 0 Å². The number of nitrogens with zero attached hydrogens (tertiary/aromatic N) is 2. The lowest BCUT2D eigenvalue weighted by atomic mass is 9.98. The number of aryl methyl sites for hydroxylation is 2. The van der Waals surface area contributed by atoms with Crippen LogP contribution in [0.5, 0.6) is 0 Å². The molecule has 114 valence electrons. The van der Waals surface area contributed by atoms with Gasteiger partial charge in [-0.1, -0.05) is 6.92 Å². The van der Waals surface area contributed by atoms with Crippen LogP contribution in [0.25, 0.3) is 0 Å². The van der Waals surface area contributed by atoms with Gasteiger partial charge in [0.2, 0.25) is 0 Å². The van der Waals surface area contributed by atoms with Crippen molar-refractivity contribution in [2.75, 3.05) is 26.2 Å². The van der Waals surface area contributed by atoms with Gasteiger partial charge in [-0.05, 0) is 65.6 Å². The molecule has 0 aliphatic carbocycles. The Bertz CT molecular complexity index is 410. The van der Waals surface area contributed by atoms with Gasteiger partial charge in [-0.25, -0.2) is 4.98 Å². The summed E-state index contributed by atoms with van der Waals surface area (Å²) in [6.07, 6.45) is 3.93. The molecule has 0 spiro atoms. The molecule has 1 aromatic rings. The molecule has 0 radical (unpaired) electrons. The Labute approximate surface area is 127 Å². The first-order chi connectivity index (χ1) is 9.61. The Morgan fingerprint density at radius 3 is 2.80 bits per heavy atom. The minimum absolute atomic E-state index is 0.503. The molecule has 1 saturated heterocycles. The van der Waals surface area contributed by atoms with E-state index in [2.05, 4.69) is 42.9 Å². The minimum Gasteiger partial charge on any atom is -0.316 e. The van der Waals surface area contributed by atoms with Gasteiger partial charge in [-0.15, -0.1) is 11.3 Å². The summed E-state index contributed by atoms with van der Waals surface area (Å²) in [5.41, 5.74) is 1.22. The van der Waals surface area contributed by atoms with E-state index in [9.17, 15) is 0 Å². The maximum absolute atomic E-state index is 4.60. The molecule has 3 nitrogen and oxygen atoms in total. The van der Waals surface area contributed by atoms with Crippen molar-refractivity contribution in [3.63, 3.8) is 0 Å². The van der Waals surface area contributed by atoms with E-state index in [1.54, 1.807) is 0 Å². The monoisotopic (exact) mass is 295 g/mol. The first kappa shape index (κ1) is 15.9. The van der Waals surface area contributed by atoms with Gasteiger partial charge in [0.05, 0.1) is 10.7 Å². The number of hydrogen-bond donors (Lipinski definition) is 1. The van der Waals surface area contributed by atoms with Crippen molar-refractivity contribution in [1.29, 1.82) is 0 Å². The summed E-state index contributed by atoms with van der Waals surface area (Å²) >= 11 is 1.87. The highest BCUT2D eigenvalue weighted by Crippen LogP contribution is 2.30. The first-order valence-corrected chi connectivity index (χ1v) is 8.82. The molecule has 1 fully saturated rings. The standard InChI is InChI=1S/C16H29N3S/c1-5-9-19(11-15-7-6-8-17-10-15)13(3)16-12(2)18-14(4)20-16/h13,15,17H,5-11H2,1-4H3. The number of thiazole rings is 1. The molecule has 0 aromatic carbocycles. The fraction of sp³-hybridized carbons (Fsp3) is 0.812. The van der Waals surface area contributed by atoms with Crippen LogP contribution in [-0.2, 0) is 0 Å². The number of piperidine rings is 1. The molecule has 1 N–H and O–H groups in total. The van der Waals surface area contributed by atoms with Crippen molar-refractivity contribution in [2.45, 2.75) is 53.0 Å². The average molecular weight is 295 g/mol. The normalized spacial score (nSPS) is 21.4. The van der Waals surface area contributed by atoms with E-state index in [-0.39, 0.29) is 0 Å². The summed E-state index contributed by atoms with van der Waals surface area (Å²) in [5.74, 6) is 0.812. The number of nitrogens with one attached hydrogen (secondary N) is 1. The van der Waals surface area contributed by atoms with Gasteiger partial charge in [0, 0.05) is 17.5 Å². The van der Waals surface area contributed by atoms with Gasteiger partial charge in [-0.2, -0.15) is 0 Å². The van der Waals surface area contributed by atoms with Crippen molar-refractivity contribution in [1.82, 2.24) is 15.2 Å².